The van der Waals surface area contributed by atoms with E-state index in [1.165, 1.54) is 10.9 Å². The number of para-hydroxylation sites is 1. The number of nitrogen functional groups attached to an aromatic ring is 1. The number of anilines is 1. The van der Waals surface area contributed by atoms with E-state index >= 15 is 0 Å². The second kappa shape index (κ2) is 3.24. The molecule has 5 nitrogen and oxygen atoms in total. The van der Waals surface area contributed by atoms with E-state index < -0.39 is 0 Å². The highest BCUT2D eigenvalue weighted by atomic mass is 35.5. The zero-order chi connectivity index (χ0) is 11.1. The number of benzene rings is 1. The lowest BCUT2D eigenvalue weighted by atomic mass is 10.3. The Morgan fingerprint density at radius 3 is 2.94 bits per heavy atom. The molecule has 3 aromatic rings. The van der Waals surface area contributed by atoms with Crippen LogP contribution in [0, 0.1) is 0 Å². The van der Waals surface area contributed by atoms with Crippen molar-refractivity contribution in [3.8, 4) is 6.01 Å². The molecule has 0 fully saturated rings. The van der Waals surface area contributed by atoms with E-state index in [1.807, 2.05) is 6.07 Å². The molecule has 16 heavy (non-hydrogen) atoms. The van der Waals surface area contributed by atoms with Gasteiger partial charge in [0.15, 0.2) is 5.58 Å². The number of fused-ring (bicyclic) bond motifs is 1. The Hall–Kier alpha value is -2.01. The van der Waals surface area contributed by atoms with Crippen molar-refractivity contribution in [2.75, 3.05) is 5.73 Å². The molecule has 0 unspecified atom stereocenters. The summed E-state index contributed by atoms with van der Waals surface area (Å²) in [6.45, 7) is 0. The molecular weight excluding hydrogens is 228 g/mol. The van der Waals surface area contributed by atoms with Crippen molar-refractivity contribution in [1.29, 1.82) is 0 Å². The van der Waals surface area contributed by atoms with E-state index in [4.69, 9.17) is 21.8 Å². The van der Waals surface area contributed by atoms with Crippen LogP contribution in [0.1, 0.15) is 0 Å². The molecule has 2 aromatic heterocycles. The Labute approximate surface area is 95.4 Å². The Balaban J connectivity index is 2.22. The van der Waals surface area contributed by atoms with Crippen molar-refractivity contribution in [3.63, 3.8) is 0 Å². The number of halogens is 1. The van der Waals surface area contributed by atoms with E-state index in [1.54, 1.807) is 18.3 Å². The summed E-state index contributed by atoms with van der Waals surface area (Å²) in [5.41, 5.74) is 7.60. The first-order valence-corrected chi connectivity index (χ1v) is 4.97. The lowest BCUT2D eigenvalue weighted by Gasteiger charge is -1.89. The molecule has 0 radical (unpaired) electrons. The first-order chi connectivity index (χ1) is 7.74. The lowest BCUT2D eigenvalue weighted by Crippen LogP contribution is -1.93. The summed E-state index contributed by atoms with van der Waals surface area (Å²) in [5.74, 6) is 0. The molecule has 2 heterocycles. The van der Waals surface area contributed by atoms with Crippen LogP contribution in [0.4, 0.5) is 5.69 Å². The normalized spacial score (nSPS) is 11.1. The van der Waals surface area contributed by atoms with Gasteiger partial charge in [0.25, 0.3) is 0 Å². The molecule has 2 N–H and O–H groups in total. The fourth-order valence-electron chi connectivity index (χ4n) is 1.46. The summed E-state index contributed by atoms with van der Waals surface area (Å²) in [6, 6.07) is 5.72. The topological polar surface area (TPSA) is 69.9 Å². The second-order valence-electron chi connectivity index (χ2n) is 3.29. The standard InChI is InChI=1S/C10H7ClN4O/c11-6-4-13-15(5-6)10-14-9-7(12)2-1-3-8(9)16-10/h1-5H,12H2. The number of nitrogens with zero attached hydrogens (tertiary/aromatic N) is 3. The van der Waals surface area contributed by atoms with Crippen molar-refractivity contribution in [3.05, 3.63) is 35.6 Å². The molecule has 1 aromatic carbocycles. The number of aromatic nitrogens is 3. The van der Waals surface area contributed by atoms with Gasteiger partial charge in [-0.05, 0) is 12.1 Å². The van der Waals surface area contributed by atoms with Gasteiger partial charge in [0.2, 0.25) is 0 Å². The van der Waals surface area contributed by atoms with Crippen molar-refractivity contribution in [2.45, 2.75) is 0 Å². The minimum atomic E-state index is 0.347. The van der Waals surface area contributed by atoms with Gasteiger partial charge in [-0.25, -0.2) is 0 Å². The largest absolute Gasteiger partial charge is 0.422 e. The molecule has 80 valence electrons. The molecule has 3 rings (SSSR count). The van der Waals surface area contributed by atoms with Gasteiger partial charge in [-0.1, -0.05) is 17.7 Å². The van der Waals surface area contributed by atoms with Gasteiger partial charge >= 0.3 is 6.01 Å². The van der Waals surface area contributed by atoms with E-state index in [-0.39, 0.29) is 0 Å². The predicted molar refractivity (Wildman–Crippen MR) is 60.6 cm³/mol. The monoisotopic (exact) mass is 234 g/mol. The summed E-state index contributed by atoms with van der Waals surface area (Å²) in [5, 5.41) is 4.52. The van der Waals surface area contributed by atoms with Crippen LogP contribution in [-0.4, -0.2) is 14.8 Å². The molecule has 0 atom stereocenters. The maximum atomic E-state index is 5.77. The second-order valence-corrected chi connectivity index (χ2v) is 3.73. The Bertz CT molecular complexity index is 658. The number of rotatable bonds is 1. The molecular formula is C10H7ClN4O. The third kappa shape index (κ3) is 1.33. The van der Waals surface area contributed by atoms with E-state index in [0.717, 1.165) is 0 Å². The highest BCUT2D eigenvalue weighted by molar-refractivity contribution is 6.30. The lowest BCUT2D eigenvalue weighted by molar-refractivity contribution is 0.543. The maximum absolute atomic E-state index is 5.77. The maximum Gasteiger partial charge on any atom is 0.323 e. The molecule has 6 heteroatoms. The molecule has 0 saturated carbocycles. The van der Waals surface area contributed by atoms with Crippen molar-refractivity contribution < 1.29 is 4.42 Å². The van der Waals surface area contributed by atoms with Crippen LogP contribution in [0.25, 0.3) is 17.1 Å². The quantitative estimate of drug-likeness (QED) is 0.656. The predicted octanol–water partition coefficient (Wildman–Crippen LogP) is 2.25. The minimum absolute atomic E-state index is 0.347. The molecule has 0 aliphatic carbocycles. The fourth-order valence-corrected chi connectivity index (χ4v) is 1.60. The summed E-state index contributed by atoms with van der Waals surface area (Å²) in [7, 11) is 0. The number of nitrogens with two attached hydrogens (primary N) is 1. The highest BCUT2D eigenvalue weighted by Crippen LogP contribution is 2.23. The molecule has 0 spiro atoms. The summed E-state index contributed by atoms with van der Waals surface area (Å²) in [4.78, 5) is 4.25. The van der Waals surface area contributed by atoms with Gasteiger partial charge in [0.1, 0.15) is 5.52 Å². The molecule has 0 saturated heterocycles. The molecule has 0 aliphatic heterocycles. The summed E-state index contributed by atoms with van der Waals surface area (Å²) >= 11 is 5.76. The van der Waals surface area contributed by atoms with Gasteiger partial charge < -0.3 is 10.2 Å². The van der Waals surface area contributed by atoms with Gasteiger partial charge in [-0.3, -0.25) is 0 Å². The number of oxazole rings is 1. The van der Waals surface area contributed by atoms with Crippen LogP contribution in [0.15, 0.2) is 35.0 Å². The van der Waals surface area contributed by atoms with Crippen LogP contribution in [0.3, 0.4) is 0 Å². The molecule has 0 aliphatic rings. The van der Waals surface area contributed by atoms with Gasteiger partial charge in [0, 0.05) is 0 Å². The third-order valence-electron chi connectivity index (χ3n) is 2.19. The summed E-state index contributed by atoms with van der Waals surface area (Å²) in [6.07, 6.45) is 3.13. The first-order valence-electron chi connectivity index (χ1n) is 4.59. The zero-order valence-corrected chi connectivity index (χ0v) is 8.85. The number of hydrogen-bond acceptors (Lipinski definition) is 4. The van der Waals surface area contributed by atoms with Crippen LogP contribution in [0.5, 0.6) is 0 Å². The van der Waals surface area contributed by atoms with Gasteiger partial charge in [0.05, 0.1) is 23.1 Å². The smallest absolute Gasteiger partial charge is 0.323 e. The third-order valence-corrected chi connectivity index (χ3v) is 2.38. The SMILES string of the molecule is Nc1cccc2oc(-n3cc(Cl)cn3)nc12. The Morgan fingerprint density at radius 1 is 1.38 bits per heavy atom. The van der Waals surface area contributed by atoms with E-state index in [2.05, 4.69) is 10.1 Å². The van der Waals surface area contributed by atoms with Crippen LogP contribution in [-0.2, 0) is 0 Å². The Kier molecular flexibility index (Phi) is 1.87. The van der Waals surface area contributed by atoms with Crippen molar-refractivity contribution in [2.24, 2.45) is 0 Å². The van der Waals surface area contributed by atoms with Gasteiger partial charge in [-0.15, -0.1) is 0 Å². The fraction of sp³-hybridized carbons (Fsp3) is 0. The average Bonchev–Trinajstić information content (AvgIpc) is 2.84. The first kappa shape index (κ1) is 9.23. The summed E-state index contributed by atoms with van der Waals surface area (Å²) < 4.78 is 6.96. The molecule has 0 bridgehead atoms. The van der Waals surface area contributed by atoms with E-state index in [9.17, 15) is 0 Å². The van der Waals surface area contributed by atoms with Crippen LogP contribution in [0.2, 0.25) is 5.02 Å². The van der Waals surface area contributed by atoms with E-state index in [0.29, 0.717) is 27.8 Å². The van der Waals surface area contributed by atoms with Crippen LogP contribution >= 0.6 is 11.6 Å². The molecule has 0 amide bonds. The van der Waals surface area contributed by atoms with Crippen molar-refractivity contribution >= 4 is 28.4 Å². The van der Waals surface area contributed by atoms with Crippen LogP contribution < -0.4 is 5.73 Å². The van der Waals surface area contributed by atoms with Crippen molar-refractivity contribution in [1.82, 2.24) is 14.8 Å². The Morgan fingerprint density at radius 2 is 2.25 bits per heavy atom. The number of hydrogen-bond donors (Lipinski definition) is 1. The zero-order valence-electron chi connectivity index (χ0n) is 8.09. The average molecular weight is 235 g/mol. The minimum Gasteiger partial charge on any atom is -0.422 e. The highest BCUT2D eigenvalue weighted by Gasteiger charge is 2.10. The van der Waals surface area contributed by atoms with Gasteiger partial charge in [-0.2, -0.15) is 14.8 Å².